The fourth-order valence-corrected chi connectivity index (χ4v) is 2.34. The van der Waals surface area contributed by atoms with Crippen LogP contribution in [0.5, 0.6) is 0 Å². The summed E-state index contributed by atoms with van der Waals surface area (Å²) in [7, 11) is 0. The number of hydrogen-bond acceptors (Lipinski definition) is 4. The Morgan fingerprint density at radius 1 is 1.22 bits per heavy atom. The Morgan fingerprint density at radius 3 is 2.39 bits per heavy atom. The van der Waals surface area contributed by atoms with Gasteiger partial charge < -0.3 is 5.73 Å². The van der Waals surface area contributed by atoms with Crippen LogP contribution in [0.2, 0.25) is 0 Å². The highest BCUT2D eigenvalue weighted by Gasteiger charge is 2.62. The lowest BCUT2D eigenvalue weighted by Gasteiger charge is -2.15. The minimum atomic E-state index is -5.74. The van der Waals surface area contributed by atoms with Gasteiger partial charge in [-0.3, -0.25) is 0 Å². The Morgan fingerprint density at radius 2 is 1.87 bits per heavy atom. The van der Waals surface area contributed by atoms with E-state index in [0.29, 0.717) is 11.3 Å². The summed E-state index contributed by atoms with van der Waals surface area (Å²) in [5.74, 6) is -6.65. The fraction of sp³-hybridized carbons (Fsp3) is 0.385. The van der Waals surface area contributed by atoms with Crippen molar-refractivity contribution in [3.8, 4) is 0 Å². The predicted octanol–water partition coefficient (Wildman–Crippen LogP) is 3.59. The molecule has 0 aliphatic carbocycles. The molecule has 2 rings (SSSR count). The van der Waals surface area contributed by atoms with E-state index in [-0.39, 0.29) is 11.7 Å². The lowest BCUT2D eigenvalue weighted by Crippen LogP contribution is -2.35. The largest absolute Gasteiger partial charge is 0.461 e. The maximum absolute atomic E-state index is 13.4. The number of nitrogens with two attached hydrogens (primary N) is 1. The molecule has 0 bridgehead atoms. The summed E-state index contributed by atoms with van der Waals surface area (Å²) in [6.07, 6.45) is -4.23. The van der Waals surface area contributed by atoms with E-state index in [4.69, 9.17) is 5.73 Å². The van der Waals surface area contributed by atoms with E-state index in [1.54, 1.807) is 25.1 Å². The maximum atomic E-state index is 13.4. The van der Waals surface area contributed by atoms with Gasteiger partial charge in [0, 0.05) is 5.69 Å². The Labute approximate surface area is 132 Å². The molecule has 1 heterocycles. The van der Waals surface area contributed by atoms with Crippen molar-refractivity contribution in [1.29, 1.82) is 0 Å². The van der Waals surface area contributed by atoms with Crippen molar-refractivity contribution in [3.05, 3.63) is 35.2 Å². The average molecular weight is 352 g/mol. The lowest BCUT2D eigenvalue weighted by atomic mass is 10.1. The van der Waals surface area contributed by atoms with E-state index in [1.807, 2.05) is 0 Å². The number of aryl methyl sites for hydroxylation is 1. The molecule has 0 saturated heterocycles. The number of halogens is 5. The fourth-order valence-electron chi connectivity index (χ4n) is 1.85. The van der Waals surface area contributed by atoms with Gasteiger partial charge in [0.25, 0.3) is 0 Å². The van der Waals surface area contributed by atoms with E-state index in [2.05, 4.69) is 10.1 Å². The van der Waals surface area contributed by atoms with Crippen LogP contribution in [0.15, 0.2) is 23.4 Å². The van der Waals surface area contributed by atoms with Crippen molar-refractivity contribution in [2.24, 2.45) is 0 Å². The average Bonchev–Trinajstić information content (AvgIpc) is 2.85. The number of thioether (sulfide) groups is 1. The zero-order valence-electron chi connectivity index (χ0n) is 12.2. The highest BCUT2D eigenvalue weighted by Crippen LogP contribution is 2.42. The first-order valence-electron chi connectivity index (χ1n) is 6.35. The first-order valence-corrected chi connectivity index (χ1v) is 7.57. The molecule has 0 aliphatic heterocycles. The molecular formula is C13H13F5N4S. The second-order valence-corrected chi connectivity index (χ2v) is 5.62. The molecule has 0 radical (unpaired) electrons. The zero-order valence-corrected chi connectivity index (χ0v) is 13.0. The van der Waals surface area contributed by atoms with Gasteiger partial charge in [-0.2, -0.15) is 26.9 Å². The Balaban J connectivity index is 2.38. The minimum absolute atomic E-state index is 0.0121. The minimum Gasteiger partial charge on any atom is -0.399 e. The highest BCUT2D eigenvalue weighted by molar-refractivity contribution is 7.98. The molecule has 2 aromatic rings. The Bertz CT molecular complexity index is 711. The molecule has 1 aromatic heterocycles. The van der Waals surface area contributed by atoms with E-state index in [1.165, 1.54) is 6.26 Å². The van der Waals surface area contributed by atoms with E-state index < -0.39 is 17.9 Å². The van der Waals surface area contributed by atoms with Crippen LogP contribution in [0.25, 0.3) is 0 Å². The predicted molar refractivity (Wildman–Crippen MR) is 76.4 cm³/mol. The molecule has 0 amide bonds. The molecule has 2 N–H and O–H groups in total. The molecule has 0 saturated carbocycles. The van der Waals surface area contributed by atoms with Gasteiger partial charge in [-0.1, -0.05) is 23.9 Å². The topological polar surface area (TPSA) is 56.7 Å². The molecule has 10 heteroatoms. The SMILES string of the molecule is CSc1nc(C(F)(F)C(F)(F)F)nn1Cc1ccc(N)c(C)c1. The van der Waals surface area contributed by atoms with Crippen molar-refractivity contribution < 1.29 is 22.0 Å². The van der Waals surface area contributed by atoms with Crippen LogP contribution in [0.3, 0.4) is 0 Å². The normalized spacial score (nSPS) is 12.7. The van der Waals surface area contributed by atoms with Gasteiger partial charge in [0.05, 0.1) is 6.54 Å². The maximum Gasteiger partial charge on any atom is 0.461 e. The Hall–Kier alpha value is -1.84. The number of alkyl halides is 5. The van der Waals surface area contributed by atoms with Gasteiger partial charge in [-0.25, -0.2) is 4.68 Å². The zero-order chi connectivity index (χ0) is 17.4. The number of aromatic nitrogens is 3. The van der Waals surface area contributed by atoms with E-state index >= 15 is 0 Å². The number of nitrogens with zero attached hydrogens (tertiary/aromatic N) is 3. The van der Waals surface area contributed by atoms with Crippen LogP contribution in [0.4, 0.5) is 27.6 Å². The van der Waals surface area contributed by atoms with Crippen LogP contribution in [0, 0.1) is 6.92 Å². The lowest BCUT2D eigenvalue weighted by molar-refractivity contribution is -0.292. The van der Waals surface area contributed by atoms with E-state index in [9.17, 15) is 22.0 Å². The van der Waals surface area contributed by atoms with Crippen molar-refractivity contribution in [3.63, 3.8) is 0 Å². The van der Waals surface area contributed by atoms with Gasteiger partial charge in [-0.15, -0.1) is 5.10 Å². The van der Waals surface area contributed by atoms with Crippen molar-refractivity contribution in [2.45, 2.75) is 30.7 Å². The first-order chi connectivity index (χ1) is 10.6. The van der Waals surface area contributed by atoms with Gasteiger partial charge >= 0.3 is 12.1 Å². The third kappa shape index (κ3) is 3.41. The number of rotatable bonds is 4. The molecule has 23 heavy (non-hydrogen) atoms. The van der Waals surface area contributed by atoms with Crippen LogP contribution >= 0.6 is 11.8 Å². The number of hydrogen-bond donors (Lipinski definition) is 1. The molecular weight excluding hydrogens is 339 g/mol. The molecule has 1 aromatic carbocycles. The molecule has 0 aliphatic rings. The van der Waals surface area contributed by atoms with Crippen LogP contribution < -0.4 is 5.73 Å². The monoisotopic (exact) mass is 352 g/mol. The van der Waals surface area contributed by atoms with Crippen LogP contribution in [-0.2, 0) is 12.5 Å². The summed E-state index contributed by atoms with van der Waals surface area (Å²) in [4.78, 5) is 3.32. The molecule has 0 fully saturated rings. The number of benzene rings is 1. The number of nitrogen functional groups attached to an aromatic ring is 1. The van der Waals surface area contributed by atoms with E-state index in [0.717, 1.165) is 22.0 Å². The van der Waals surface area contributed by atoms with Gasteiger partial charge in [0.2, 0.25) is 5.82 Å². The summed E-state index contributed by atoms with van der Waals surface area (Å²) >= 11 is 0.934. The third-order valence-electron chi connectivity index (χ3n) is 3.12. The second-order valence-electron chi connectivity index (χ2n) is 4.84. The number of anilines is 1. The summed E-state index contributed by atoms with van der Waals surface area (Å²) in [6.45, 7) is 1.77. The molecule has 0 spiro atoms. The quantitative estimate of drug-likeness (QED) is 0.519. The van der Waals surface area contributed by atoms with Gasteiger partial charge in [-0.05, 0) is 30.4 Å². The first kappa shape index (κ1) is 17.5. The second kappa shape index (κ2) is 5.99. The van der Waals surface area contributed by atoms with Crippen molar-refractivity contribution in [2.75, 3.05) is 12.0 Å². The van der Waals surface area contributed by atoms with Crippen molar-refractivity contribution >= 4 is 17.4 Å². The summed E-state index contributed by atoms with van der Waals surface area (Å²) in [6, 6.07) is 4.99. The van der Waals surface area contributed by atoms with Crippen LogP contribution in [0.1, 0.15) is 17.0 Å². The third-order valence-corrected chi connectivity index (χ3v) is 3.79. The van der Waals surface area contributed by atoms with Gasteiger partial charge in [0.15, 0.2) is 5.16 Å². The molecule has 126 valence electrons. The molecule has 4 nitrogen and oxygen atoms in total. The Kier molecular flexibility index (Phi) is 4.56. The van der Waals surface area contributed by atoms with Crippen LogP contribution in [-0.4, -0.2) is 27.2 Å². The van der Waals surface area contributed by atoms with Gasteiger partial charge in [0.1, 0.15) is 0 Å². The molecule has 0 atom stereocenters. The smallest absolute Gasteiger partial charge is 0.399 e. The summed E-state index contributed by atoms with van der Waals surface area (Å²) in [5.41, 5.74) is 7.68. The molecule has 0 unspecified atom stereocenters. The summed E-state index contributed by atoms with van der Waals surface area (Å²) in [5, 5.41) is 3.32. The summed E-state index contributed by atoms with van der Waals surface area (Å²) < 4.78 is 65.0. The highest BCUT2D eigenvalue weighted by atomic mass is 32.2. The van der Waals surface area contributed by atoms with Crippen molar-refractivity contribution in [1.82, 2.24) is 14.8 Å². The standard InChI is InChI=1S/C13H13F5N4S/c1-7-5-8(3-4-9(7)19)6-22-11(23-2)20-10(21-22)12(14,15)13(16,17)18/h3-5H,6,19H2,1-2H3.